The summed E-state index contributed by atoms with van der Waals surface area (Å²) >= 11 is 9.43. The van der Waals surface area contributed by atoms with Gasteiger partial charge in [-0.2, -0.15) is 0 Å². The molecule has 88 valence electrons. The van der Waals surface area contributed by atoms with Crippen LogP contribution in [0.3, 0.4) is 0 Å². The van der Waals surface area contributed by atoms with Crippen molar-refractivity contribution in [3.63, 3.8) is 0 Å². The Morgan fingerprint density at radius 1 is 1.35 bits per heavy atom. The largest absolute Gasteiger partial charge is 0.396 e. The number of nitrogens with two attached hydrogens (primary N) is 1. The molecule has 0 bridgehead atoms. The number of nitrogens with zero attached hydrogens (tertiary/aromatic N) is 1. The molecule has 0 saturated carbocycles. The number of aromatic nitrogens is 1. The smallest absolute Gasteiger partial charge is 0.153 e. The van der Waals surface area contributed by atoms with E-state index in [1.54, 1.807) is 12.3 Å². The Morgan fingerprint density at radius 3 is 2.76 bits per heavy atom. The molecule has 0 radical (unpaired) electrons. The van der Waals surface area contributed by atoms with Gasteiger partial charge in [-0.3, -0.25) is 0 Å². The number of aryl methyl sites for hydroxylation is 1. The predicted octanol–water partition coefficient (Wildman–Crippen LogP) is 4.13. The van der Waals surface area contributed by atoms with Gasteiger partial charge < -0.3 is 11.1 Å². The second kappa shape index (κ2) is 4.94. The highest BCUT2D eigenvalue weighted by Crippen LogP contribution is 2.28. The maximum Gasteiger partial charge on any atom is 0.153 e. The third kappa shape index (κ3) is 2.90. The summed E-state index contributed by atoms with van der Waals surface area (Å²) in [5, 5.41) is 3.75. The lowest BCUT2D eigenvalue weighted by molar-refractivity contribution is 1.29. The van der Waals surface area contributed by atoms with E-state index in [9.17, 15) is 0 Å². The minimum absolute atomic E-state index is 0.566. The average Bonchev–Trinajstić information content (AvgIpc) is 2.25. The molecule has 1 aromatic heterocycles. The van der Waals surface area contributed by atoms with Gasteiger partial charge in [-0.1, -0.05) is 17.7 Å². The van der Waals surface area contributed by atoms with Gasteiger partial charge in [0, 0.05) is 10.7 Å². The molecule has 0 unspecified atom stereocenters. The molecule has 2 rings (SSSR count). The molecule has 0 saturated heterocycles. The Balaban J connectivity index is 2.31. The van der Waals surface area contributed by atoms with Crippen LogP contribution in [0.2, 0.25) is 5.02 Å². The molecule has 1 aromatic carbocycles. The van der Waals surface area contributed by atoms with E-state index >= 15 is 0 Å². The fourth-order valence-corrected chi connectivity index (χ4v) is 2.04. The van der Waals surface area contributed by atoms with E-state index in [0.717, 1.165) is 15.7 Å². The van der Waals surface area contributed by atoms with Gasteiger partial charge in [0.25, 0.3) is 0 Å². The maximum absolute atomic E-state index is 6.12. The number of rotatable bonds is 2. The summed E-state index contributed by atoms with van der Waals surface area (Å²) < 4.78 is 0.843. The highest BCUT2D eigenvalue weighted by molar-refractivity contribution is 9.10. The van der Waals surface area contributed by atoms with Crippen LogP contribution in [0.25, 0.3) is 0 Å². The zero-order valence-corrected chi connectivity index (χ0v) is 11.5. The summed E-state index contributed by atoms with van der Waals surface area (Å²) in [6, 6.07) is 7.56. The number of halogens is 2. The molecule has 0 aliphatic heterocycles. The maximum atomic E-state index is 6.12. The highest BCUT2D eigenvalue weighted by Gasteiger charge is 2.05. The third-order valence-corrected chi connectivity index (χ3v) is 3.01. The molecule has 0 spiro atoms. The van der Waals surface area contributed by atoms with Crippen LogP contribution in [-0.4, -0.2) is 4.98 Å². The molecule has 3 N–H and O–H groups in total. The second-order valence-electron chi connectivity index (χ2n) is 3.70. The van der Waals surface area contributed by atoms with Crippen molar-refractivity contribution in [2.75, 3.05) is 11.1 Å². The Morgan fingerprint density at radius 2 is 2.12 bits per heavy atom. The molecule has 17 heavy (non-hydrogen) atoms. The zero-order chi connectivity index (χ0) is 12.4. The van der Waals surface area contributed by atoms with E-state index in [1.165, 1.54) is 0 Å². The molecule has 0 amide bonds. The summed E-state index contributed by atoms with van der Waals surface area (Å²) in [4.78, 5) is 4.20. The van der Waals surface area contributed by atoms with Gasteiger partial charge in [0.2, 0.25) is 0 Å². The van der Waals surface area contributed by atoms with Gasteiger partial charge in [-0.25, -0.2) is 4.98 Å². The summed E-state index contributed by atoms with van der Waals surface area (Å²) in [5.41, 5.74) is 8.32. The lowest BCUT2D eigenvalue weighted by Crippen LogP contribution is -1.99. The molecule has 0 aliphatic rings. The van der Waals surface area contributed by atoms with Gasteiger partial charge in [0.1, 0.15) is 0 Å². The van der Waals surface area contributed by atoms with Crippen molar-refractivity contribution in [1.82, 2.24) is 4.98 Å². The fourth-order valence-electron chi connectivity index (χ4n) is 1.41. The topological polar surface area (TPSA) is 50.9 Å². The van der Waals surface area contributed by atoms with Crippen molar-refractivity contribution in [1.29, 1.82) is 0 Å². The van der Waals surface area contributed by atoms with Crippen molar-refractivity contribution in [3.05, 3.63) is 45.5 Å². The van der Waals surface area contributed by atoms with E-state index in [4.69, 9.17) is 17.3 Å². The molecule has 0 aliphatic carbocycles. The second-order valence-corrected chi connectivity index (χ2v) is 5.02. The standard InChI is InChI=1S/C12H11BrClN3/c1-7-2-3-11(9(14)4-7)17-12-10(15)5-8(13)6-16-12/h2-6H,15H2,1H3,(H,16,17). The minimum atomic E-state index is 0.566. The Bertz CT molecular complexity index is 508. The van der Waals surface area contributed by atoms with E-state index in [1.807, 2.05) is 25.1 Å². The van der Waals surface area contributed by atoms with Crippen LogP contribution < -0.4 is 11.1 Å². The quantitative estimate of drug-likeness (QED) is 0.876. The molecule has 1 heterocycles. The van der Waals surface area contributed by atoms with E-state index < -0.39 is 0 Å². The molecule has 3 nitrogen and oxygen atoms in total. The Kier molecular flexibility index (Phi) is 3.54. The molecule has 2 aromatic rings. The number of nitrogens with one attached hydrogen (secondary N) is 1. The first-order chi connectivity index (χ1) is 8.06. The first kappa shape index (κ1) is 12.2. The van der Waals surface area contributed by atoms with Crippen molar-refractivity contribution in [2.45, 2.75) is 6.92 Å². The van der Waals surface area contributed by atoms with Crippen LogP contribution in [0.15, 0.2) is 34.9 Å². The average molecular weight is 313 g/mol. The molecule has 0 fully saturated rings. The predicted molar refractivity (Wildman–Crippen MR) is 75.8 cm³/mol. The number of hydrogen-bond acceptors (Lipinski definition) is 3. The molecular weight excluding hydrogens is 302 g/mol. The van der Waals surface area contributed by atoms with Gasteiger partial charge >= 0.3 is 0 Å². The number of nitrogen functional groups attached to an aromatic ring is 1. The van der Waals surface area contributed by atoms with Gasteiger partial charge in [0.05, 0.1) is 16.4 Å². The van der Waals surface area contributed by atoms with Gasteiger partial charge in [-0.05, 0) is 46.6 Å². The summed E-state index contributed by atoms with van der Waals surface area (Å²) in [7, 11) is 0. The first-order valence-corrected chi connectivity index (χ1v) is 6.17. The van der Waals surface area contributed by atoms with Gasteiger partial charge in [-0.15, -0.1) is 0 Å². The summed E-state index contributed by atoms with van der Waals surface area (Å²) in [6.45, 7) is 1.99. The number of anilines is 3. The minimum Gasteiger partial charge on any atom is -0.396 e. The van der Waals surface area contributed by atoms with Crippen molar-refractivity contribution < 1.29 is 0 Å². The normalized spacial score (nSPS) is 10.3. The van der Waals surface area contributed by atoms with Crippen LogP contribution in [0, 0.1) is 6.92 Å². The zero-order valence-electron chi connectivity index (χ0n) is 9.17. The molecule has 0 atom stereocenters. The van der Waals surface area contributed by atoms with Crippen molar-refractivity contribution in [2.24, 2.45) is 0 Å². The highest BCUT2D eigenvalue weighted by atomic mass is 79.9. The fraction of sp³-hybridized carbons (Fsp3) is 0.0833. The van der Waals surface area contributed by atoms with E-state index in [-0.39, 0.29) is 0 Å². The third-order valence-electron chi connectivity index (χ3n) is 2.26. The SMILES string of the molecule is Cc1ccc(Nc2ncc(Br)cc2N)c(Cl)c1. The first-order valence-electron chi connectivity index (χ1n) is 5.00. The van der Waals surface area contributed by atoms with Gasteiger partial charge in [0.15, 0.2) is 5.82 Å². The van der Waals surface area contributed by atoms with Crippen LogP contribution in [0.1, 0.15) is 5.56 Å². The van der Waals surface area contributed by atoms with Crippen molar-refractivity contribution >= 4 is 44.7 Å². The van der Waals surface area contributed by atoms with E-state index in [2.05, 4.69) is 26.2 Å². The summed E-state index contributed by atoms with van der Waals surface area (Å²) in [6.07, 6.45) is 1.68. The monoisotopic (exact) mass is 311 g/mol. The number of hydrogen-bond donors (Lipinski definition) is 2. The Labute approximate surface area is 113 Å². The van der Waals surface area contributed by atoms with Crippen LogP contribution >= 0.6 is 27.5 Å². The lowest BCUT2D eigenvalue weighted by Gasteiger charge is -2.10. The number of pyridine rings is 1. The molecular formula is C12H11BrClN3. The van der Waals surface area contributed by atoms with Crippen molar-refractivity contribution in [3.8, 4) is 0 Å². The molecule has 5 heteroatoms. The number of benzene rings is 1. The van der Waals surface area contributed by atoms with Crippen LogP contribution in [0.4, 0.5) is 17.2 Å². The van der Waals surface area contributed by atoms with E-state index in [0.29, 0.717) is 16.5 Å². The lowest BCUT2D eigenvalue weighted by atomic mass is 10.2. The summed E-state index contributed by atoms with van der Waals surface area (Å²) in [5.74, 6) is 0.596. The van der Waals surface area contributed by atoms with Crippen LogP contribution in [-0.2, 0) is 0 Å². The Hall–Kier alpha value is -1.26. The van der Waals surface area contributed by atoms with Crippen LogP contribution in [0.5, 0.6) is 0 Å².